The summed E-state index contributed by atoms with van der Waals surface area (Å²) in [6.45, 7) is 0. The van der Waals surface area contributed by atoms with E-state index in [9.17, 15) is 0 Å². The van der Waals surface area contributed by atoms with Crippen molar-refractivity contribution in [3.8, 4) is 45.3 Å². The Hall–Kier alpha value is -6.65. The SMILES string of the molecule is C1=CC(c2ccc(-c3nc(-c4ccccc4)nc(-c4cccc5oc6cc(-c7cc8ccccc8c8ccccc78)ccc6c45)n3)cc2)=CCC1. The molecule has 0 saturated heterocycles. The lowest BCUT2D eigenvalue weighted by Crippen LogP contribution is -2.00. The minimum absolute atomic E-state index is 0.610. The molecule has 7 aromatic carbocycles. The van der Waals surface area contributed by atoms with E-state index >= 15 is 0 Å². The largest absolute Gasteiger partial charge is 0.456 e. The average molecular weight is 654 g/mol. The minimum atomic E-state index is 0.610. The Morgan fingerprint density at radius 1 is 0.431 bits per heavy atom. The summed E-state index contributed by atoms with van der Waals surface area (Å²) in [6.07, 6.45) is 8.90. The molecule has 4 nitrogen and oxygen atoms in total. The molecule has 2 heterocycles. The van der Waals surface area contributed by atoms with E-state index in [0.29, 0.717) is 17.5 Å². The van der Waals surface area contributed by atoms with Crippen molar-refractivity contribution < 1.29 is 4.42 Å². The Kier molecular flexibility index (Phi) is 6.91. The molecule has 1 aliphatic carbocycles. The van der Waals surface area contributed by atoms with Gasteiger partial charge in [-0.2, -0.15) is 0 Å². The van der Waals surface area contributed by atoms with E-state index in [-0.39, 0.29) is 0 Å². The monoisotopic (exact) mass is 653 g/mol. The number of fused-ring (bicyclic) bond motifs is 6. The van der Waals surface area contributed by atoms with Crippen LogP contribution in [0.4, 0.5) is 0 Å². The summed E-state index contributed by atoms with van der Waals surface area (Å²) in [7, 11) is 0. The second kappa shape index (κ2) is 12.0. The standard InChI is InChI=1S/C47H31N3O/c1-3-12-30(13-4-1)31-22-24-33(25-23-31)46-48-45(32-14-5-2-6-15-32)49-47(50-46)40-20-11-21-42-44(40)39-27-26-35(29-43(39)51-42)41-28-34-16-7-8-17-36(34)37-18-9-10-19-38(37)41/h2-3,5-29H,1,4H2. The average Bonchev–Trinajstić information content (AvgIpc) is 3.59. The third kappa shape index (κ3) is 5.12. The van der Waals surface area contributed by atoms with Crippen LogP contribution in [0, 0.1) is 0 Å². The predicted molar refractivity (Wildman–Crippen MR) is 210 cm³/mol. The van der Waals surface area contributed by atoms with Gasteiger partial charge in [-0.1, -0.05) is 140 Å². The molecule has 0 unspecified atom stereocenters. The maximum atomic E-state index is 6.59. The van der Waals surface area contributed by atoms with Crippen LogP contribution in [-0.2, 0) is 0 Å². The van der Waals surface area contributed by atoms with Crippen LogP contribution in [-0.4, -0.2) is 15.0 Å². The minimum Gasteiger partial charge on any atom is -0.456 e. The van der Waals surface area contributed by atoms with Crippen LogP contribution >= 0.6 is 0 Å². The predicted octanol–water partition coefficient (Wildman–Crippen LogP) is 12.5. The van der Waals surface area contributed by atoms with E-state index < -0.39 is 0 Å². The molecule has 0 fully saturated rings. The molecule has 0 amide bonds. The van der Waals surface area contributed by atoms with E-state index in [1.54, 1.807) is 0 Å². The van der Waals surface area contributed by atoms with Gasteiger partial charge >= 0.3 is 0 Å². The lowest BCUT2D eigenvalue weighted by Gasteiger charge is -2.11. The molecule has 0 aliphatic heterocycles. The molecule has 2 aromatic heterocycles. The van der Waals surface area contributed by atoms with E-state index in [2.05, 4.69) is 121 Å². The highest BCUT2D eigenvalue weighted by Crippen LogP contribution is 2.40. The Bertz CT molecular complexity index is 2850. The van der Waals surface area contributed by atoms with Crippen LogP contribution in [0.5, 0.6) is 0 Å². The summed E-state index contributed by atoms with van der Waals surface area (Å²) in [5.74, 6) is 1.88. The van der Waals surface area contributed by atoms with Gasteiger partial charge in [0, 0.05) is 27.5 Å². The molecule has 240 valence electrons. The summed E-state index contributed by atoms with van der Waals surface area (Å²) in [5, 5.41) is 6.96. The topological polar surface area (TPSA) is 51.8 Å². The van der Waals surface area contributed by atoms with Gasteiger partial charge in [0.1, 0.15) is 11.2 Å². The molecule has 0 bridgehead atoms. The summed E-state index contributed by atoms with van der Waals surface area (Å²) in [6, 6.07) is 50.8. The number of rotatable bonds is 5. The van der Waals surface area contributed by atoms with E-state index in [1.165, 1.54) is 38.2 Å². The van der Waals surface area contributed by atoms with Crippen molar-refractivity contribution in [2.75, 3.05) is 0 Å². The lowest BCUT2D eigenvalue weighted by atomic mass is 9.93. The van der Waals surface area contributed by atoms with Gasteiger partial charge in [0.15, 0.2) is 17.5 Å². The van der Waals surface area contributed by atoms with Crippen molar-refractivity contribution in [3.05, 3.63) is 169 Å². The Morgan fingerprint density at radius 2 is 1.12 bits per heavy atom. The third-order valence-corrected chi connectivity index (χ3v) is 9.96. The van der Waals surface area contributed by atoms with Crippen molar-refractivity contribution in [2.45, 2.75) is 12.8 Å². The lowest BCUT2D eigenvalue weighted by molar-refractivity contribution is 0.669. The zero-order valence-electron chi connectivity index (χ0n) is 27.8. The van der Waals surface area contributed by atoms with Crippen molar-refractivity contribution in [2.24, 2.45) is 0 Å². The van der Waals surface area contributed by atoms with Crippen LogP contribution in [0.25, 0.3) is 94.3 Å². The number of furan rings is 1. The zero-order valence-corrected chi connectivity index (χ0v) is 27.8. The molecule has 1 aliphatic rings. The first-order chi connectivity index (χ1) is 25.3. The number of aromatic nitrogens is 3. The maximum Gasteiger partial charge on any atom is 0.164 e. The van der Waals surface area contributed by atoms with Crippen LogP contribution in [0.3, 0.4) is 0 Å². The second-order valence-electron chi connectivity index (χ2n) is 13.1. The highest BCUT2D eigenvalue weighted by Gasteiger charge is 2.19. The summed E-state index contributed by atoms with van der Waals surface area (Å²) < 4.78 is 6.59. The molecule has 10 rings (SSSR count). The van der Waals surface area contributed by atoms with Gasteiger partial charge in [-0.3, -0.25) is 0 Å². The van der Waals surface area contributed by atoms with Crippen molar-refractivity contribution in [1.29, 1.82) is 0 Å². The quantitative estimate of drug-likeness (QED) is 0.173. The Morgan fingerprint density at radius 3 is 1.92 bits per heavy atom. The number of benzene rings is 7. The van der Waals surface area contributed by atoms with Gasteiger partial charge in [-0.25, -0.2) is 15.0 Å². The fourth-order valence-electron chi connectivity index (χ4n) is 7.45. The number of nitrogens with zero attached hydrogens (tertiary/aromatic N) is 3. The molecular weight excluding hydrogens is 623 g/mol. The second-order valence-corrected chi connectivity index (χ2v) is 13.1. The highest BCUT2D eigenvalue weighted by atomic mass is 16.3. The van der Waals surface area contributed by atoms with E-state index in [0.717, 1.165) is 57.0 Å². The van der Waals surface area contributed by atoms with E-state index in [4.69, 9.17) is 19.4 Å². The number of hydrogen-bond acceptors (Lipinski definition) is 4. The number of allylic oxidation sites excluding steroid dienone is 4. The van der Waals surface area contributed by atoms with Gasteiger partial charge < -0.3 is 4.42 Å². The molecule has 0 atom stereocenters. The van der Waals surface area contributed by atoms with E-state index in [1.807, 2.05) is 42.5 Å². The summed E-state index contributed by atoms with van der Waals surface area (Å²) in [5.41, 5.74) is 9.15. The maximum absolute atomic E-state index is 6.59. The fraction of sp³-hybridized carbons (Fsp3) is 0.0426. The first kappa shape index (κ1) is 29.3. The molecule has 9 aromatic rings. The van der Waals surface area contributed by atoms with Crippen LogP contribution in [0.15, 0.2) is 168 Å². The molecule has 4 heteroatoms. The Balaban J connectivity index is 1.13. The van der Waals surface area contributed by atoms with Gasteiger partial charge in [0.2, 0.25) is 0 Å². The molecule has 0 N–H and O–H groups in total. The van der Waals surface area contributed by atoms with Gasteiger partial charge in [-0.05, 0) is 80.9 Å². The zero-order chi connectivity index (χ0) is 33.7. The third-order valence-electron chi connectivity index (χ3n) is 9.96. The first-order valence-corrected chi connectivity index (χ1v) is 17.4. The Labute approximate surface area is 295 Å². The normalized spacial score (nSPS) is 13.0. The molecule has 0 radical (unpaired) electrons. The van der Waals surface area contributed by atoms with Crippen molar-refractivity contribution >= 4 is 49.1 Å². The first-order valence-electron chi connectivity index (χ1n) is 17.4. The summed E-state index contributed by atoms with van der Waals surface area (Å²) >= 11 is 0. The highest BCUT2D eigenvalue weighted by molar-refractivity contribution is 6.16. The van der Waals surface area contributed by atoms with Crippen molar-refractivity contribution in [3.63, 3.8) is 0 Å². The van der Waals surface area contributed by atoms with Gasteiger partial charge in [0.25, 0.3) is 0 Å². The van der Waals surface area contributed by atoms with Crippen LogP contribution in [0.2, 0.25) is 0 Å². The van der Waals surface area contributed by atoms with Gasteiger partial charge in [0.05, 0.1) is 0 Å². The fourth-order valence-corrected chi connectivity index (χ4v) is 7.45. The number of hydrogen-bond donors (Lipinski definition) is 0. The van der Waals surface area contributed by atoms with Gasteiger partial charge in [-0.15, -0.1) is 0 Å². The van der Waals surface area contributed by atoms with Crippen LogP contribution < -0.4 is 0 Å². The molecule has 0 spiro atoms. The van der Waals surface area contributed by atoms with Crippen molar-refractivity contribution in [1.82, 2.24) is 15.0 Å². The summed E-state index contributed by atoms with van der Waals surface area (Å²) in [4.78, 5) is 15.2. The molecule has 0 saturated carbocycles. The van der Waals surface area contributed by atoms with Crippen LogP contribution in [0.1, 0.15) is 18.4 Å². The smallest absolute Gasteiger partial charge is 0.164 e. The molecular formula is C47H31N3O. The molecule has 51 heavy (non-hydrogen) atoms.